The summed E-state index contributed by atoms with van der Waals surface area (Å²) < 4.78 is 11.0. The molecule has 1 aliphatic heterocycles. The van der Waals surface area contributed by atoms with Crippen LogP contribution in [0.5, 0.6) is 0 Å². The number of esters is 1. The van der Waals surface area contributed by atoms with Gasteiger partial charge in [0.15, 0.2) is 5.78 Å². The Labute approximate surface area is 173 Å². The van der Waals surface area contributed by atoms with Gasteiger partial charge in [-0.3, -0.25) is 15.1 Å². The van der Waals surface area contributed by atoms with Crippen LogP contribution in [0, 0.1) is 5.41 Å². The minimum Gasteiger partial charge on any atom is -0.458 e. The molecule has 1 aromatic carbocycles. The molecule has 1 atom stereocenters. The number of hydrogen-bond donors (Lipinski definition) is 2. The number of likely N-dealkylation sites (tertiary alicyclic amines) is 1. The molecule has 1 saturated heterocycles. The molecular weight excluding hydrogens is 370 g/mol. The van der Waals surface area contributed by atoms with Gasteiger partial charge in [0.05, 0.1) is 12.1 Å². The van der Waals surface area contributed by atoms with E-state index in [4.69, 9.17) is 20.6 Å². The minimum absolute atomic E-state index is 0.00114. The summed E-state index contributed by atoms with van der Waals surface area (Å²) in [4.78, 5) is 27.0. The van der Waals surface area contributed by atoms with Crippen molar-refractivity contribution >= 4 is 17.6 Å². The Morgan fingerprint density at radius 2 is 1.72 bits per heavy atom. The second kappa shape index (κ2) is 9.98. The van der Waals surface area contributed by atoms with Crippen LogP contribution in [0.4, 0.5) is 0 Å². The molecule has 0 spiro atoms. The lowest BCUT2D eigenvalue weighted by Crippen LogP contribution is -2.47. The van der Waals surface area contributed by atoms with Crippen molar-refractivity contribution in [2.24, 2.45) is 5.73 Å². The van der Waals surface area contributed by atoms with Crippen molar-refractivity contribution in [2.75, 3.05) is 19.7 Å². The van der Waals surface area contributed by atoms with Crippen LogP contribution < -0.4 is 5.73 Å². The van der Waals surface area contributed by atoms with Gasteiger partial charge in [-0.05, 0) is 40.0 Å². The zero-order valence-corrected chi connectivity index (χ0v) is 17.9. The first-order valence-electron chi connectivity index (χ1n) is 10.2. The van der Waals surface area contributed by atoms with Gasteiger partial charge in [0.25, 0.3) is 0 Å². The van der Waals surface area contributed by atoms with Gasteiger partial charge in [-0.25, -0.2) is 4.79 Å². The first-order valence-corrected chi connectivity index (χ1v) is 10.2. The van der Waals surface area contributed by atoms with Crippen LogP contribution in [-0.2, 0) is 14.3 Å². The van der Waals surface area contributed by atoms with E-state index in [2.05, 4.69) is 4.90 Å². The Kier molecular flexibility index (Phi) is 7.93. The van der Waals surface area contributed by atoms with E-state index in [1.54, 1.807) is 24.3 Å². The zero-order valence-electron chi connectivity index (χ0n) is 17.9. The first kappa shape index (κ1) is 23.0. The number of nitrogens with one attached hydrogen (secondary N) is 1. The van der Waals surface area contributed by atoms with Crippen LogP contribution in [-0.4, -0.2) is 59.9 Å². The summed E-state index contributed by atoms with van der Waals surface area (Å²) in [5.41, 5.74) is 6.20. The third-order valence-electron chi connectivity index (χ3n) is 4.94. The fourth-order valence-corrected chi connectivity index (χ4v) is 3.53. The number of nitrogens with two attached hydrogens (primary N) is 1. The molecule has 0 saturated carbocycles. The van der Waals surface area contributed by atoms with Crippen LogP contribution >= 0.6 is 0 Å². The van der Waals surface area contributed by atoms with Gasteiger partial charge in [-0.1, -0.05) is 31.2 Å². The topological polar surface area (TPSA) is 106 Å². The van der Waals surface area contributed by atoms with Crippen LogP contribution in [0.15, 0.2) is 24.3 Å². The number of ether oxygens (including phenoxy) is 2. The number of hydrogen-bond acceptors (Lipinski definition) is 6. The van der Waals surface area contributed by atoms with Crippen molar-refractivity contribution in [3.05, 3.63) is 35.4 Å². The highest BCUT2D eigenvalue weighted by Gasteiger charge is 2.30. The average molecular weight is 404 g/mol. The van der Waals surface area contributed by atoms with E-state index >= 15 is 0 Å². The zero-order chi connectivity index (χ0) is 21.6. The van der Waals surface area contributed by atoms with Crippen molar-refractivity contribution in [3.8, 4) is 0 Å². The Hall–Kier alpha value is -2.25. The molecule has 0 aromatic heterocycles. The van der Waals surface area contributed by atoms with Crippen LogP contribution in [0.3, 0.4) is 0 Å². The maximum Gasteiger partial charge on any atom is 0.332 e. The molecule has 3 N–H and O–H groups in total. The summed E-state index contributed by atoms with van der Waals surface area (Å²) in [6, 6.07) is 6.69. The number of piperidine rings is 1. The van der Waals surface area contributed by atoms with Gasteiger partial charge in [0, 0.05) is 24.2 Å². The number of nitrogen functional groups attached to an aromatic ring is 1. The summed E-state index contributed by atoms with van der Waals surface area (Å²) in [6.45, 7) is 8.96. The fraction of sp³-hybridized carbons (Fsp3) is 0.591. The van der Waals surface area contributed by atoms with E-state index in [9.17, 15) is 9.59 Å². The van der Waals surface area contributed by atoms with E-state index in [0.29, 0.717) is 11.1 Å². The Balaban J connectivity index is 1.87. The van der Waals surface area contributed by atoms with Crippen molar-refractivity contribution in [2.45, 2.75) is 64.7 Å². The number of Topliss-reactive ketones (excluding diaryl/α,β-unsaturated/α-hetero) is 1. The summed E-state index contributed by atoms with van der Waals surface area (Å²) in [5.74, 6) is -0.282. The molecule has 1 unspecified atom stereocenters. The predicted octanol–water partition coefficient (Wildman–Crippen LogP) is 2.75. The Morgan fingerprint density at radius 1 is 1.17 bits per heavy atom. The standard InChI is InChI=1S/C22H33N3O4/c1-5-18(20(27)15-6-8-16(9-7-15)21(23)24)25-12-10-17(11-13-25)28-14-19(26)29-22(2,3)4/h6-9,17-18H,5,10-14H2,1-4H3,(H3,23,24). The second-order valence-corrected chi connectivity index (χ2v) is 8.41. The Morgan fingerprint density at radius 3 is 2.21 bits per heavy atom. The monoisotopic (exact) mass is 403 g/mol. The molecule has 29 heavy (non-hydrogen) atoms. The highest BCUT2D eigenvalue weighted by molar-refractivity contribution is 6.01. The molecule has 0 amide bonds. The molecule has 0 radical (unpaired) electrons. The van der Waals surface area contributed by atoms with Gasteiger partial charge in [-0.2, -0.15) is 0 Å². The number of benzene rings is 1. The molecule has 1 fully saturated rings. The third kappa shape index (κ3) is 6.94. The summed E-state index contributed by atoms with van der Waals surface area (Å²) >= 11 is 0. The van der Waals surface area contributed by atoms with Gasteiger partial charge in [0.2, 0.25) is 0 Å². The predicted molar refractivity (Wildman–Crippen MR) is 112 cm³/mol. The summed E-state index contributed by atoms with van der Waals surface area (Å²) in [5, 5.41) is 7.46. The van der Waals surface area contributed by atoms with E-state index in [1.807, 2.05) is 27.7 Å². The summed E-state index contributed by atoms with van der Waals surface area (Å²) in [7, 11) is 0. The van der Waals surface area contributed by atoms with Crippen LogP contribution in [0.1, 0.15) is 62.9 Å². The largest absolute Gasteiger partial charge is 0.458 e. The highest BCUT2D eigenvalue weighted by atomic mass is 16.6. The second-order valence-electron chi connectivity index (χ2n) is 8.41. The maximum absolute atomic E-state index is 13.0. The molecule has 1 heterocycles. The van der Waals surface area contributed by atoms with E-state index in [0.717, 1.165) is 32.4 Å². The number of carbonyl (C=O) groups excluding carboxylic acids is 2. The Bertz CT molecular complexity index is 717. The molecule has 1 aliphatic rings. The maximum atomic E-state index is 13.0. The van der Waals surface area contributed by atoms with Gasteiger partial charge in [0.1, 0.15) is 18.0 Å². The van der Waals surface area contributed by atoms with E-state index < -0.39 is 5.60 Å². The molecule has 7 nitrogen and oxygen atoms in total. The molecule has 7 heteroatoms. The van der Waals surface area contributed by atoms with Crippen LogP contribution in [0.2, 0.25) is 0 Å². The van der Waals surface area contributed by atoms with Gasteiger partial charge >= 0.3 is 5.97 Å². The molecule has 160 valence electrons. The minimum atomic E-state index is -0.513. The third-order valence-corrected chi connectivity index (χ3v) is 4.94. The molecule has 0 bridgehead atoms. The molecule has 1 aromatic rings. The van der Waals surface area contributed by atoms with Gasteiger partial charge < -0.3 is 15.2 Å². The van der Waals surface area contributed by atoms with E-state index in [-0.39, 0.29) is 36.3 Å². The van der Waals surface area contributed by atoms with Crippen molar-refractivity contribution in [1.29, 1.82) is 5.41 Å². The smallest absolute Gasteiger partial charge is 0.332 e. The highest BCUT2D eigenvalue weighted by Crippen LogP contribution is 2.21. The fourth-order valence-electron chi connectivity index (χ4n) is 3.53. The van der Waals surface area contributed by atoms with Crippen molar-refractivity contribution in [3.63, 3.8) is 0 Å². The quantitative estimate of drug-likeness (QED) is 0.299. The lowest BCUT2D eigenvalue weighted by molar-refractivity contribution is -0.163. The number of carbonyl (C=O) groups is 2. The van der Waals surface area contributed by atoms with Gasteiger partial charge in [-0.15, -0.1) is 0 Å². The van der Waals surface area contributed by atoms with Crippen molar-refractivity contribution < 1.29 is 19.1 Å². The molecule has 2 rings (SSSR count). The van der Waals surface area contributed by atoms with E-state index in [1.165, 1.54) is 0 Å². The SMILES string of the molecule is CCC(C(=O)c1ccc(C(=N)N)cc1)N1CCC(OCC(=O)OC(C)(C)C)CC1. The first-order chi connectivity index (χ1) is 13.6. The van der Waals surface area contributed by atoms with Crippen molar-refractivity contribution in [1.82, 2.24) is 4.90 Å². The lowest BCUT2D eigenvalue weighted by Gasteiger charge is -2.36. The van der Waals surface area contributed by atoms with Crippen LogP contribution in [0.25, 0.3) is 0 Å². The molecule has 0 aliphatic carbocycles. The number of nitrogens with zero attached hydrogens (tertiary/aromatic N) is 1. The number of rotatable bonds is 8. The number of ketones is 1. The lowest BCUT2D eigenvalue weighted by atomic mass is 9.96. The summed E-state index contributed by atoms with van der Waals surface area (Å²) in [6.07, 6.45) is 2.27. The molecular formula is C22H33N3O4. The average Bonchev–Trinajstić information content (AvgIpc) is 2.66. The normalized spacial score (nSPS) is 17.0. The number of amidine groups is 1.